The van der Waals surface area contributed by atoms with Crippen molar-refractivity contribution in [3.8, 4) is 5.75 Å². The monoisotopic (exact) mass is 279 g/mol. The summed E-state index contributed by atoms with van der Waals surface area (Å²) < 4.78 is 9.41. The molecule has 6 heteroatoms. The van der Waals surface area contributed by atoms with Crippen LogP contribution in [0.2, 0.25) is 0 Å². The zero-order chi connectivity index (χ0) is 15.0. The molecule has 0 spiro atoms. The number of Topliss-reactive ketones (excluding diaryl/α,β-unsaturated/α-hetero) is 1. The number of carbonyl (C=O) groups excluding carboxylic acids is 3. The summed E-state index contributed by atoms with van der Waals surface area (Å²) >= 11 is 0. The summed E-state index contributed by atoms with van der Waals surface area (Å²) in [6.07, 6.45) is 0.0727. The third kappa shape index (κ3) is 5.09. The highest BCUT2D eigenvalue weighted by Gasteiger charge is 2.10. The Labute approximate surface area is 117 Å². The summed E-state index contributed by atoms with van der Waals surface area (Å²) in [7, 11) is 2.80. The first-order valence-corrected chi connectivity index (χ1v) is 6.07. The maximum absolute atomic E-state index is 11.7. The van der Waals surface area contributed by atoms with Gasteiger partial charge in [-0.25, -0.2) is 0 Å². The summed E-state index contributed by atoms with van der Waals surface area (Å²) in [4.78, 5) is 34.1. The molecule has 1 N–H and O–H groups in total. The van der Waals surface area contributed by atoms with Crippen molar-refractivity contribution in [1.82, 2.24) is 5.32 Å². The lowest BCUT2D eigenvalue weighted by molar-refractivity contribution is -0.141. The van der Waals surface area contributed by atoms with Crippen molar-refractivity contribution in [2.45, 2.75) is 12.8 Å². The van der Waals surface area contributed by atoms with E-state index < -0.39 is 5.97 Å². The van der Waals surface area contributed by atoms with Gasteiger partial charge in [0.1, 0.15) is 5.75 Å². The van der Waals surface area contributed by atoms with E-state index in [-0.39, 0.29) is 31.1 Å². The van der Waals surface area contributed by atoms with E-state index in [0.717, 1.165) is 0 Å². The van der Waals surface area contributed by atoms with Crippen molar-refractivity contribution in [3.05, 3.63) is 29.8 Å². The predicted molar refractivity (Wildman–Crippen MR) is 71.6 cm³/mol. The Morgan fingerprint density at radius 1 is 1.05 bits per heavy atom. The van der Waals surface area contributed by atoms with Crippen molar-refractivity contribution in [2.75, 3.05) is 20.8 Å². The Balaban J connectivity index is 2.38. The van der Waals surface area contributed by atoms with Gasteiger partial charge in [-0.1, -0.05) is 0 Å². The minimum Gasteiger partial charge on any atom is -0.497 e. The molecule has 0 atom stereocenters. The molecule has 0 bridgehead atoms. The summed E-state index contributed by atoms with van der Waals surface area (Å²) in [5, 5.41) is 2.50. The molecule has 0 saturated carbocycles. The molecule has 1 rings (SSSR count). The van der Waals surface area contributed by atoms with Crippen LogP contribution >= 0.6 is 0 Å². The fraction of sp³-hybridized carbons (Fsp3) is 0.357. The van der Waals surface area contributed by atoms with Crippen LogP contribution < -0.4 is 10.1 Å². The smallest absolute Gasteiger partial charge is 0.305 e. The Bertz CT molecular complexity index is 481. The fourth-order valence-electron chi connectivity index (χ4n) is 1.46. The molecule has 108 valence electrons. The standard InChI is InChI=1S/C14H17NO5/c1-19-12-6-3-10(4-7-12)14(18)15-9-11(16)5-8-13(17)20-2/h3-4,6-7H,5,8-9H2,1-2H3,(H,15,18). The second-order valence-corrected chi connectivity index (χ2v) is 4.03. The van der Waals surface area contributed by atoms with Gasteiger partial charge in [0.2, 0.25) is 0 Å². The van der Waals surface area contributed by atoms with Gasteiger partial charge >= 0.3 is 5.97 Å². The Hall–Kier alpha value is -2.37. The Morgan fingerprint density at radius 2 is 1.70 bits per heavy atom. The van der Waals surface area contributed by atoms with Crippen LogP contribution in [0.4, 0.5) is 0 Å². The van der Waals surface area contributed by atoms with Crippen molar-refractivity contribution in [3.63, 3.8) is 0 Å². The summed E-state index contributed by atoms with van der Waals surface area (Å²) in [6, 6.07) is 6.53. The molecule has 0 unspecified atom stereocenters. The van der Waals surface area contributed by atoms with E-state index in [9.17, 15) is 14.4 Å². The number of benzene rings is 1. The second kappa shape index (κ2) is 7.93. The van der Waals surface area contributed by atoms with E-state index >= 15 is 0 Å². The van der Waals surface area contributed by atoms with Crippen LogP contribution in [-0.2, 0) is 14.3 Å². The predicted octanol–water partition coefficient (Wildman–Crippen LogP) is 0.947. The van der Waals surface area contributed by atoms with Crippen LogP contribution in [0, 0.1) is 0 Å². The summed E-state index contributed by atoms with van der Waals surface area (Å²) in [5.41, 5.74) is 0.437. The van der Waals surface area contributed by atoms with Crippen molar-refractivity contribution in [1.29, 1.82) is 0 Å². The van der Waals surface area contributed by atoms with E-state index in [1.807, 2.05) is 0 Å². The van der Waals surface area contributed by atoms with Gasteiger partial charge in [-0.05, 0) is 24.3 Å². The van der Waals surface area contributed by atoms with Crippen LogP contribution in [0.1, 0.15) is 23.2 Å². The molecule has 0 aliphatic heterocycles. The molecular formula is C14H17NO5. The number of nitrogens with one attached hydrogen (secondary N) is 1. The molecule has 0 heterocycles. The van der Waals surface area contributed by atoms with Gasteiger partial charge in [0, 0.05) is 12.0 Å². The lowest BCUT2D eigenvalue weighted by atomic mass is 10.2. The van der Waals surface area contributed by atoms with Crippen LogP contribution in [0.5, 0.6) is 5.75 Å². The van der Waals surface area contributed by atoms with E-state index in [1.54, 1.807) is 24.3 Å². The largest absolute Gasteiger partial charge is 0.497 e. The molecule has 0 aliphatic rings. The average Bonchev–Trinajstić information content (AvgIpc) is 2.50. The van der Waals surface area contributed by atoms with Gasteiger partial charge in [0.05, 0.1) is 27.2 Å². The number of esters is 1. The number of hydrogen-bond acceptors (Lipinski definition) is 5. The molecule has 20 heavy (non-hydrogen) atoms. The molecule has 1 amide bonds. The van der Waals surface area contributed by atoms with E-state index in [4.69, 9.17) is 4.74 Å². The van der Waals surface area contributed by atoms with Crippen LogP contribution in [-0.4, -0.2) is 38.4 Å². The third-order valence-electron chi connectivity index (χ3n) is 2.63. The molecule has 6 nitrogen and oxygen atoms in total. The van der Waals surface area contributed by atoms with Crippen LogP contribution in [0.15, 0.2) is 24.3 Å². The highest BCUT2D eigenvalue weighted by molar-refractivity contribution is 5.97. The molecule has 0 saturated heterocycles. The zero-order valence-electron chi connectivity index (χ0n) is 11.5. The lowest BCUT2D eigenvalue weighted by Gasteiger charge is -2.05. The van der Waals surface area contributed by atoms with Crippen molar-refractivity contribution < 1.29 is 23.9 Å². The molecule has 0 fully saturated rings. The first kappa shape index (κ1) is 15.7. The third-order valence-corrected chi connectivity index (χ3v) is 2.63. The summed E-state index contributed by atoms with van der Waals surface area (Å²) in [5.74, 6) is -0.369. The number of hydrogen-bond donors (Lipinski definition) is 1. The topological polar surface area (TPSA) is 81.7 Å². The molecule has 0 aliphatic carbocycles. The quantitative estimate of drug-likeness (QED) is 0.751. The molecule has 1 aromatic rings. The highest BCUT2D eigenvalue weighted by atomic mass is 16.5. The number of ketones is 1. The zero-order valence-corrected chi connectivity index (χ0v) is 11.5. The van der Waals surface area contributed by atoms with Gasteiger partial charge < -0.3 is 14.8 Å². The number of rotatable bonds is 7. The van der Waals surface area contributed by atoms with Crippen LogP contribution in [0.3, 0.4) is 0 Å². The molecule has 0 radical (unpaired) electrons. The number of carbonyl (C=O) groups is 3. The van der Waals surface area contributed by atoms with E-state index in [0.29, 0.717) is 11.3 Å². The van der Waals surface area contributed by atoms with Gasteiger partial charge in [-0.15, -0.1) is 0 Å². The minimum atomic E-state index is -0.445. The van der Waals surface area contributed by atoms with Gasteiger partial charge in [-0.3, -0.25) is 14.4 Å². The number of ether oxygens (including phenoxy) is 2. The molecular weight excluding hydrogens is 262 g/mol. The van der Waals surface area contributed by atoms with Crippen LogP contribution in [0.25, 0.3) is 0 Å². The van der Waals surface area contributed by atoms with Gasteiger partial charge in [0.15, 0.2) is 5.78 Å². The fourth-order valence-corrected chi connectivity index (χ4v) is 1.46. The van der Waals surface area contributed by atoms with Gasteiger partial charge in [0.25, 0.3) is 5.91 Å². The number of amides is 1. The minimum absolute atomic E-state index is 0.0216. The van der Waals surface area contributed by atoms with E-state index in [1.165, 1.54) is 14.2 Å². The molecule has 0 aromatic heterocycles. The summed E-state index contributed by atoms with van der Waals surface area (Å²) in [6.45, 7) is -0.109. The average molecular weight is 279 g/mol. The van der Waals surface area contributed by atoms with Crippen molar-refractivity contribution in [2.24, 2.45) is 0 Å². The maximum Gasteiger partial charge on any atom is 0.305 e. The van der Waals surface area contributed by atoms with Crippen molar-refractivity contribution >= 4 is 17.7 Å². The SMILES string of the molecule is COC(=O)CCC(=O)CNC(=O)c1ccc(OC)cc1. The lowest BCUT2D eigenvalue weighted by Crippen LogP contribution is -2.29. The number of methoxy groups -OCH3 is 2. The molecule has 1 aromatic carbocycles. The first-order valence-electron chi connectivity index (χ1n) is 6.07. The Morgan fingerprint density at radius 3 is 2.25 bits per heavy atom. The normalized spacial score (nSPS) is 9.70. The Kier molecular flexibility index (Phi) is 6.22. The van der Waals surface area contributed by atoms with Gasteiger partial charge in [-0.2, -0.15) is 0 Å². The second-order valence-electron chi connectivity index (χ2n) is 4.03. The first-order chi connectivity index (χ1) is 9.56. The highest BCUT2D eigenvalue weighted by Crippen LogP contribution is 2.10. The maximum atomic E-state index is 11.7. The van der Waals surface area contributed by atoms with E-state index in [2.05, 4.69) is 10.1 Å².